The predicted molar refractivity (Wildman–Crippen MR) is 100 cm³/mol. The van der Waals surface area contributed by atoms with Crippen molar-refractivity contribution < 1.29 is 18.0 Å². The summed E-state index contributed by atoms with van der Waals surface area (Å²) in [6, 6.07) is 3.72. The molecule has 0 aliphatic heterocycles. The first-order valence-electron chi connectivity index (χ1n) is 8.57. The number of H-pyrrole nitrogens is 1. The third kappa shape index (κ3) is 4.90. The zero-order valence-electron chi connectivity index (χ0n) is 16.3. The molecule has 0 saturated heterocycles. The lowest BCUT2D eigenvalue weighted by atomic mass is 9.82. The van der Waals surface area contributed by atoms with E-state index >= 15 is 0 Å². The first-order chi connectivity index (χ1) is 12.9. The normalized spacial score (nSPS) is 12.8. The topological polar surface area (TPSA) is 78.1 Å². The Balaban J connectivity index is 2.40. The summed E-state index contributed by atoms with van der Waals surface area (Å²) in [6.45, 7) is 5.44. The Labute approximate surface area is 160 Å². The lowest BCUT2D eigenvalue weighted by Gasteiger charge is -2.32. The van der Waals surface area contributed by atoms with Gasteiger partial charge in [0.25, 0.3) is 17.9 Å². The Morgan fingerprint density at radius 2 is 1.86 bits per heavy atom. The summed E-state index contributed by atoms with van der Waals surface area (Å²) in [5.41, 5.74) is -1.54. The van der Waals surface area contributed by atoms with E-state index in [-0.39, 0.29) is 11.6 Å². The number of carbonyl (C=O) groups is 1. The molecule has 0 aliphatic rings. The second-order valence-electron chi connectivity index (χ2n) is 7.70. The standard InChI is InChI=1S/C19H23F3N4O2/c1-19(2,3)15(10-6-7-11(16(21)22)12(20)8-10)25-17(28)13-9-14(27)24-18(23-13)26(4)5/h6-9,15-16H,1-5H3,(H,25,28)(H,23,24,27)/t15-/m0/s1. The van der Waals surface area contributed by atoms with Crippen LogP contribution in [0, 0.1) is 11.2 Å². The number of halogens is 3. The fraction of sp³-hybridized carbons (Fsp3) is 0.421. The molecule has 2 rings (SSSR count). The number of nitrogens with zero attached hydrogens (tertiary/aromatic N) is 2. The van der Waals surface area contributed by atoms with Crippen LogP contribution in [0.3, 0.4) is 0 Å². The molecule has 1 atom stereocenters. The molecule has 0 aliphatic carbocycles. The molecule has 0 radical (unpaired) electrons. The average Bonchev–Trinajstić information content (AvgIpc) is 2.57. The van der Waals surface area contributed by atoms with Crippen molar-refractivity contribution in [3.63, 3.8) is 0 Å². The van der Waals surface area contributed by atoms with Crippen LogP contribution in [-0.2, 0) is 0 Å². The summed E-state index contributed by atoms with van der Waals surface area (Å²) in [6.07, 6.45) is -2.93. The van der Waals surface area contributed by atoms with Gasteiger partial charge in [-0.3, -0.25) is 14.6 Å². The lowest BCUT2D eigenvalue weighted by molar-refractivity contribution is 0.0895. The highest BCUT2D eigenvalue weighted by Crippen LogP contribution is 2.34. The highest BCUT2D eigenvalue weighted by molar-refractivity contribution is 5.92. The minimum absolute atomic E-state index is 0.105. The highest BCUT2D eigenvalue weighted by atomic mass is 19.3. The minimum atomic E-state index is -2.93. The second kappa shape index (κ2) is 8.04. The molecule has 0 spiro atoms. The number of hydrogen-bond acceptors (Lipinski definition) is 4. The van der Waals surface area contributed by atoms with Crippen LogP contribution in [0.1, 0.15) is 54.9 Å². The first kappa shape index (κ1) is 21.5. The van der Waals surface area contributed by atoms with E-state index in [0.29, 0.717) is 5.56 Å². The fourth-order valence-corrected chi connectivity index (χ4v) is 2.68. The fourth-order valence-electron chi connectivity index (χ4n) is 2.68. The number of anilines is 1. The van der Waals surface area contributed by atoms with Crippen LogP contribution in [0.25, 0.3) is 0 Å². The van der Waals surface area contributed by atoms with Crippen molar-refractivity contribution in [2.45, 2.75) is 33.2 Å². The zero-order valence-corrected chi connectivity index (χ0v) is 16.3. The van der Waals surface area contributed by atoms with E-state index in [1.54, 1.807) is 14.1 Å². The molecule has 28 heavy (non-hydrogen) atoms. The number of hydrogen-bond donors (Lipinski definition) is 2. The number of benzene rings is 1. The van der Waals surface area contributed by atoms with Crippen molar-refractivity contribution in [1.82, 2.24) is 15.3 Å². The third-order valence-corrected chi connectivity index (χ3v) is 4.12. The molecule has 152 valence electrons. The van der Waals surface area contributed by atoms with Gasteiger partial charge >= 0.3 is 0 Å². The molecule has 2 N–H and O–H groups in total. The largest absolute Gasteiger partial charge is 0.348 e. The quantitative estimate of drug-likeness (QED) is 0.812. The molecule has 6 nitrogen and oxygen atoms in total. The Morgan fingerprint density at radius 3 is 2.36 bits per heavy atom. The molecule has 1 heterocycles. The van der Waals surface area contributed by atoms with E-state index in [4.69, 9.17) is 0 Å². The molecule has 9 heteroatoms. The van der Waals surface area contributed by atoms with E-state index in [1.165, 1.54) is 11.0 Å². The maximum Gasteiger partial charge on any atom is 0.270 e. The number of nitrogens with one attached hydrogen (secondary N) is 2. The summed E-state index contributed by atoms with van der Waals surface area (Å²) >= 11 is 0. The molecule has 0 fully saturated rings. The Bertz CT molecular complexity index is 920. The van der Waals surface area contributed by atoms with Gasteiger partial charge < -0.3 is 10.2 Å². The number of aromatic amines is 1. The van der Waals surface area contributed by atoms with Gasteiger partial charge in [0.05, 0.1) is 11.6 Å². The van der Waals surface area contributed by atoms with Crippen LogP contribution < -0.4 is 15.8 Å². The molecule has 0 unspecified atom stereocenters. The SMILES string of the molecule is CN(C)c1nc(C(=O)N[C@@H](c2ccc(C(F)F)c(F)c2)C(C)(C)C)cc(=O)[nH]1. The van der Waals surface area contributed by atoms with Crippen molar-refractivity contribution in [2.75, 3.05) is 19.0 Å². The van der Waals surface area contributed by atoms with Crippen LogP contribution in [0.15, 0.2) is 29.1 Å². The van der Waals surface area contributed by atoms with E-state index in [9.17, 15) is 22.8 Å². The van der Waals surface area contributed by atoms with E-state index in [2.05, 4.69) is 15.3 Å². The van der Waals surface area contributed by atoms with E-state index in [0.717, 1.165) is 18.2 Å². The van der Waals surface area contributed by atoms with Gasteiger partial charge in [-0.25, -0.2) is 18.2 Å². The number of carbonyl (C=O) groups excluding carboxylic acids is 1. The number of alkyl halides is 2. The van der Waals surface area contributed by atoms with E-state index < -0.39 is 40.7 Å². The van der Waals surface area contributed by atoms with Crippen LogP contribution in [-0.4, -0.2) is 30.0 Å². The monoisotopic (exact) mass is 396 g/mol. The average molecular weight is 396 g/mol. The van der Waals surface area contributed by atoms with Gasteiger partial charge in [0, 0.05) is 20.2 Å². The maximum atomic E-state index is 14.0. The maximum absolute atomic E-state index is 14.0. The number of rotatable bonds is 5. The summed E-state index contributed by atoms with van der Waals surface area (Å²) in [7, 11) is 3.32. The summed E-state index contributed by atoms with van der Waals surface area (Å²) in [4.78, 5) is 32.6. The Kier molecular flexibility index (Phi) is 6.16. The van der Waals surface area contributed by atoms with Crippen molar-refractivity contribution in [3.05, 3.63) is 57.3 Å². The first-order valence-corrected chi connectivity index (χ1v) is 8.57. The smallest absolute Gasteiger partial charge is 0.270 e. The Morgan fingerprint density at radius 1 is 1.21 bits per heavy atom. The highest BCUT2D eigenvalue weighted by Gasteiger charge is 2.30. The van der Waals surface area contributed by atoms with Gasteiger partial charge in [0.1, 0.15) is 11.5 Å². The summed E-state index contributed by atoms with van der Waals surface area (Å²) in [5.74, 6) is -1.47. The van der Waals surface area contributed by atoms with Crippen LogP contribution in [0.2, 0.25) is 0 Å². The van der Waals surface area contributed by atoms with Gasteiger partial charge in [-0.05, 0) is 17.0 Å². The molecule has 1 aromatic carbocycles. The predicted octanol–water partition coefficient (Wildman–Crippen LogP) is 3.43. The molecule has 0 saturated carbocycles. The lowest BCUT2D eigenvalue weighted by Crippen LogP contribution is -2.37. The molecule has 1 amide bonds. The summed E-state index contributed by atoms with van der Waals surface area (Å²) in [5, 5.41) is 2.73. The van der Waals surface area contributed by atoms with Gasteiger partial charge in [-0.15, -0.1) is 0 Å². The van der Waals surface area contributed by atoms with Crippen LogP contribution >= 0.6 is 0 Å². The molecule has 0 bridgehead atoms. The molecule has 2 aromatic rings. The van der Waals surface area contributed by atoms with E-state index in [1.807, 2.05) is 20.8 Å². The van der Waals surface area contributed by atoms with Gasteiger partial charge in [-0.1, -0.05) is 32.9 Å². The van der Waals surface area contributed by atoms with Crippen molar-refractivity contribution >= 4 is 11.9 Å². The molecule has 1 aromatic heterocycles. The Hall–Kier alpha value is -2.84. The zero-order chi connectivity index (χ0) is 21.2. The summed E-state index contributed by atoms with van der Waals surface area (Å²) < 4.78 is 39.7. The number of amides is 1. The second-order valence-corrected chi connectivity index (χ2v) is 7.70. The van der Waals surface area contributed by atoms with Crippen molar-refractivity contribution in [3.8, 4) is 0 Å². The molecular formula is C19H23F3N4O2. The van der Waals surface area contributed by atoms with Crippen molar-refractivity contribution in [1.29, 1.82) is 0 Å². The van der Waals surface area contributed by atoms with Gasteiger partial charge in [0.2, 0.25) is 5.95 Å². The number of aromatic nitrogens is 2. The van der Waals surface area contributed by atoms with Crippen LogP contribution in [0.5, 0.6) is 0 Å². The van der Waals surface area contributed by atoms with Gasteiger partial charge in [0.15, 0.2) is 0 Å². The molecular weight excluding hydrogens is 373 g/mol. The minimum Gasteiger partial charge on any atom is -0.348 e. The van der Waals surface area contributed by atoms with Gasteiger partial charge in [-0.2, -0.15) is 0 Å². The third-order valence-electron chi connectivity index (χ3n) is 4.12. The van der Waals surface area contributed by atoms with Crippen molar-refractivity contribution in [2.24, 2.45) is 5.41 Å². The van der Waals surface area contributed by atoms with Crippen LogP contribution in [0.4, 0.5) is 19.1 Å².